The van der Waals surface area contributed by atoms with E-state index in [-0.39, 0.29) is 5.91 Å². The van der Waals surface area contributed by atoms with Gasteiger partial charge in [-0.3, -0.25) is 9.59 Å². The number of carbonyl (C=O) groups excluding carboxylic acids is 2. The Morgan fingerprint density at radius 1 is 0.906 bits per heavy atom. The van der Waals surface area contributed by atoms with Gasteiger partial charge in [0.15, 0.2) is 6.29 Å². The molecule has 2 heterocycles. The molecule has 1 aliphatic heterocycles. The summed E-state index contributed by atoms with van der Waals surface area (Å²) in [6, 6.07) is 18.0. The van der Waals surface area contributed by atoms with E-state index in [9.17, 15) is 9.59 Å². The highest BCUT2D eigenvalue weighted by atomic mass is 32.2. The smallest absolute Gasteiger partial charge is 0.254 e. The summed E-state index contributed by atoms with van der Waals surface area (Å²) in [7, 11) is 0. The van der Waals surface area contributed by atoms with Crippen molar-refractivity contribution < 1.29 is 9.59 Å². The Hall–Kier alpha value is -3.45. The maximum atomic E-state index is 13.5. The summed E-state index contributed by atoms with van der Waals surface area (Å²) in [6.45, 7) is 2.42. The van der Waals surface area contributed by atoms with Crippen LogP contribution in [0.3, 0.4) is 0 Å². The first-order valence-electron chi connectivity index (χ1n) is 10.4. The summed E-state index contributed by atoms with van der Waals surface area (Å²) in [4.78, 5) is 38.0. The monoisotopic (exact) mass is 444 g/mol. The van der Waals surface area contributed by atoms with E-state index in [4.69, 9.17) is 0 Å². The van der Waals surface area contributed by atoms with Crippen LogP contribution in [0.2, 0.25) is 0 Å². The van der Waals surface area contributed by atoms with Crippen LogP contribution in [-0.2, 0) is 4.79 Å². The van der Waals surface area contributed by atoms with Crippen LogP contribution in [0, 0.1) is 0 Å². The van der Waals surface area contributed by atoms with Gasteiger partial charge in [-0.05, 0) is 35.6 Å². The minimum absolute atomic E-state index is 0.0158. The number of amides is 1. The highest BCUT2D eigenvalue weighted by molar-refractivity contribution is 7.98. The minimum Gasteiger partial charge on any atom is -0.337 e. The molecule has 2 aromatic carbocycles. The largest absolute Gasteiger partial charge is 0.337 e. The zero-order valence-electron chi connectivity index (χ0n) is 17.8. The molecule has 0 unspecified atom stereocenters. The fraction of sp³-hybridized carbons (Fsp3) is 0.200. The molecule has 4 rings (SSSR count). The molecule has 0 N–H and O–H groups in total. The molecule has 1 amide bonds. The van der Waals surface area contributed by atoms with Crippen LogP contribution in [0.5, 0.6) is 0 Å². The van der Waals surface area contributed by atoms with Crippen molar-refractivity contribution in [2.75, 3.05) is 37.3 Å². The van der Waals surface area contributed by atoms with Crippen molar-refractivity contribution in [2.24, 2.45) is 0 Å². The Balaban J connectivity index is 1.52. The number of aldehydes is 1. The van der Waals surface area contributed by atoms with E-state index in [1.165, 1.54) is 17.3 Å². The van der Waals surface area contributed by atoms with E-state index >= 15 is 0 Å². The van der Waals surface area contributed by atoms with E-state index < -0.39 is 0 Å². The van der Waals surface area contributed by atoms with Crippen LogP contribution in [0.1, 0.15) is 21.5 Å². The third-order valence-corrected chi connectivity index (χ3v) is 6.13. The van der Waals surface area contributed by atoms with Gasteiger partial charge in [0.25, 0.3) is 5.91 Å². The topological polar surface area (TPSA) is 66.4 Å². The number of nitrogens with zero attached hydrogens (tertiary/aromatic N) is 4. The lowest BCUT2D eigenvalue weighted by atomic mass is 10.0. The van der Waals surface area contributed by atoms with Crippen molar-refractivity contribution in [1.82, 2.24) is 14.9 Å². The number of aromatic nitrogens is 2. The Bertz CT molecular complexity index is 1090. The number of rotatable bonds is 6. The summed E-state index contributed by atoms with van der Waals surface area (Å²) < 4.78 is 0. The van der Waals surface area contributed by atoms with E-state index in [0.29, 0.717) is 43.3 Å². The van der Waals surface area contributed by atoms with Gasteiger partial charge in [0.2, 0.25) is 5.95 Å². The van der Waals surface area contributed by atoms with Crippen LogP contribution >= 0.6 is 11.8 Å². The highest BCUT2D eigenvalue weighted by Crippen LogP contribution is 2.24. The second-order valence-electron chi connectivity index (χ2n) is 7.41. The average Bonchev–Trinajstić information content (AvgIpc) is 2.88. The van der Waals surface area contributed by atoms with Crippen LogP contribution in [0.25, 0.3) is 11.6 Å². The van der Waals surface area contributed by atoms with Crippen LogP contribution in [0.4, 0.5) is 5.95 Å². The van der Waals surface area contributed by atoms with E-state index in [1.54, 1.807) is 11.8 Å². The van der Waals surface area contributed by atoms with Crippen LogP contribution < -0.4 is 4.90 Å². The summed E-state index contributed by atoms with van der Waals surface area (Å²) in [5.74, 6) is 0.595. The quantitative estimate of drug-likeness (QED) is 0.249. The molecule has 162 valence electrons. The van der Waals surface area contributed by atoms with Gasteiger partial charge in [-0.1, -0.05) is 42.5 Å². The van der Waals surface area contributed by atoms with Crippen LogP contribution in [-0.4, -0.2) is 59.5 Å². The first kappa shape index (κ1) is 21.8. The molecule has 6 nitrogen and oxygen atoms in total. The van der Waals surface area contributed by atoms with Gasteiger partial charge in [0.05, 0.1) is 5.56 Å². The molecule has 1 aromatic heterocycles. The van der Waals surface area contributed by atoms with E-state index in [2.05, 4.69) is 22.1 Å². The summed E-state index contributed by atoms with van der Waals surface area (Å²) in [6.07, 6.45) is 7.78. The molecule has 1 fully saturated rings. The van der Waals surface area contributed by atoms with E-state index in [1.807, 2.05) is 64.6 Å². The Labute approximate surface area is 192 Å². The lowest BCUT2D eigenvalue weighted by molar-refractivity contribution is -0.125. The SMILES string of the molecule is CSc1ccc(/C=C(/C(=O)N2CCN(c3ncc(C=O)cn3)CC2)c2ccccc2)cc1. The second-order valence-corrected chi connectivity index (χ2v) is 8.29. The highest BCUT2D eigenvalue weighted by Gasteiger charge is 2.25. The molecule has 7 heteroatoms. The van der Waals surface area contributed by atoms with Crippen molar-refractivity contribution in [1.29, 1.82) is 0 Å². The number of benzene rings is 2. The van der Waals surface area contributed by atoms with Gasteiger partial charge in [0.1, 0.15) is 0 Å². The van der Waals surface area contributed by atoms with E-state index in [0.717, 1.165) is 17.4 Å². The average molecular weight is 445 g/mol. The van der Waals surface area contributed by atoms with Crippen molar-refractivity contribution >= 4 is 41.6 Å². The van der Waals surface area contributed by atoms with Gasteiger partial charge >= 0.3 is 0 Å². The number of thioether (sulfide) groups is 1. The van der Waals surface area contributed by atoms with Gasteiger partial charge in [-0.25, -0.2) is 9.97 Å². The van der Waals surface area contributed by atoms with Gasteiger partial charge < -0.3 is 9.80 Å². The maximum absolute atomic E-state index is 13.5. The van der Waals surface area contributed by atoms with Gasteiger partial charge in [0, 0.05) is 49.0 Å². The predicted octanol–water partition coefficient (Wildman–Crippen LogP) is 3.90. The number of anilines is 1. The Kier molecular flexibility index (Phi) is 6.97. The Morgan fingerprint density at radius 2 is 1.56 bits per heavy atom. The third-order valence-electron chi connectivity index (χ3n) is 5.39. The summed E-state index contributed by atoms with van der Waals surface area (Å²) in [5, 5.41) is 0. The third kappa shape index (κ3) is 5.06. The number of carbonyl (C=O) groups is 2. The summed E-state index contributed by atoms with van der Waals surface area (Å²) in [5.41, 5.74) is 3.03. The first-order chi connectivity index (χ1) is 15.7. The molecule has 0 spiro atoms. The fourth-order valence-electron chi connectivity index (χ4n) is 3.59. The lowest BCUT2D eigenvalue weighted by Gasteiger charge is -2.35. The molecule has 0 saturated carbocycles. The molecule has 1 aliphatic rings. The van der Waals surface area contributed by atoms with Crippen molar-refractivity contribution in [3.63, 3.8) is 0 Å². The standard InChI is InChI=1S/C25H24N4O2S/c1-32-22-9-7-19(8-10-22)15-23(21-5-3-2-4-6-21)24(31)28-11-13-29(14-12-28)25-26-16-20(18-30)17-27-25/h2-10,15-18H,11-14H2,1H3/b23-15+. The van der Waals surface area contributed by atoms with Gasteiger partial charge in [-0.15, -0.1) is 11.8 Å². The number of piperazine rings is 1. The Morgan fingerprint density at radius 3 is 2.16 bits per heavy atom. The fourth-order valence-corrected chi connectivity index (χ4v) is 4.00. The van der Waals surface area contributed by atoms with Crippen LogP contribution in [0.15, 0.2) is 71.9 Å². The molecule has 0 atom stereocenters. The zero-order valence-corrected chi connectivity index (χ0v) is 18.7. The normalized spacial score (nSPS) is 14.3. The van der Waals surface area contributed by atoms with Gasteiger partial charge in [-0.2, -0.15) is 0 Å². The van der Waals surface area contributed by atoms with Crippen molar-refractivity contribution in [3.05, 3.63) is 83.7 Å². The second kappa shape index (κ2) is 10.2. The molecular formula is C25H24N4O2S. The zero-order chi connectivity index (χ0) is 22.3. The van der Waals surface area contributed by atoms with Crippen molar-refractivity contribution in [3.8, 4) is 0 Å². The predicted molar refractivity (Wildman–Crippen MR) is 129 cm³/mol. The summed E-state index contributed by atoms with van der Waals surface area (Å²) >= 11 is 1.69. The molecule has 1 saturated heterocycles. The van der Waals surface area contributed by atoms with Crippen molar-refractivity contribution in [2.45, 2.75) is 4.90 Å². The molecule has 0 aliphatic carbocycles. The maximum Gasteiger partial charge on any atom is 0.254 e. The minimum atomic E-state index is 0.0158. The number of hydrogen-bond donors (Lipinski definition) is 0. The number of hydrogen-bond acceptors (Lipinski definition) is 6. The molecule has 3 aromatic rings. The molecule has 0 radical (unpaired) electrons. The molecular weight excluding hydrogens is 420 g/mol. The molecule has 0 bridgehead atoms. The lowest BCUT2D eigenvalue weighted by Crippen LogP contribution is -2.49. The first-order valence-corrected chi connectivity index (χ1v) is 11.6. The molecule has 32 heavy (non-hydrogen) atoms.